The van der Waals surface area contributed by atoms with Gasteiger partial charge < -0.3 is 10.6 Å². The van der Waals surface area contributed by atoms with Crippen LogP contribution in [0.5, 0.6) is 0 Å². The zero-order chi connectivity index (χ0) is 19.4. The van der Waals surface area contributed by atoms with E-state index in [1.54, 1.807) is 24.3 Å². The Hall–Kier alpha value is -1.92. The number of sulfonamides is 1. The topological polar surface area (TPSA) is 111 Å². The van der Waals surface area contributed by atoms with E-state index in [1.807, 2.05) is 0 Å². The van der Waals surface area contributed by atoms with Crippen LogP contribution in [-0.2, 0) is 10.0 Å². The van der Waals surface area contributed by atoms with Crippen LogP contribution in [-0.4, -0.2) is 53.1 Å². The van der Waals surface area contributed by atoms with Gasteiger partial charge in [0, 0.05) is 25.2 Å². The second-order valence-electron chi connectivity index (χ2n) is 7.60. The Labute approximate surface area is 161 Å². The van der Waals surface area contributed by atoms with Crippen LogP contribution in [0.2, 0.25) is 0 Å². The van der Waals surface area contributed by atoms with Gasteiger partial charge in [-0.05, 0) is 39.5 Å². The summed E-state index contributed by atoms with van der Waals surface area (Å²) < 4.78 is 26.1. The molecule has 148 valence electrons. The standard InChI is InChI=1S/C18H28N6O2S/c1-13(2)27(25,26)24-9-7-16(8-10-24)22-18-20-12-14(11-19)17(23-18)21-15-5-3-4-6-15/h12-13,15-16H,3-10H2,1-2H3,(H2,20,21,22,23). The summed E-state index contributed by atoms with van der Waals surface area (Å²) in [6, 6.07) is 2.63. The number of piperidine rings is 1. The Bertz CT molecular complexity index is 791. The van der Waals surface area contributed by atoms with Gasteiger partial charge in [-0.1, -0.05) is 12.8 Å². The summed E-state index contributed by atoms with van der Waals surface area (Å²) in [6.07, 6.45) is 7.56. The molecule has 0 unspecified atom stereocenters. The smallest absolute Gasteiger partial charge is 0.224 e. The lowest BCUT2D eigenvalue weighted by Gasteiger charge is -2.32. The largest absolute Gasteiger partial charge is 0.366 e. The van der Waals surface area contributed by atoms with Gasteiger partial charge in [0.1, 0.15) is 17.5 Å². The molecule has 9 heteroatoms. The summed E-state index contributed by atoms with van der Waals surface area (Å²) in [6.45, 7) is 4.43. The summed E-state index contributed by atoms with van der Waals surface area (Å²) >= 11 is 0. The Morgan fingerprint density at radius 2 is 1.78 bits per heavy atom. The summed E-state index contributed by atoms with van der Waals surface area (Å²) in [7, 11) is -3.20. The van der Waals surface area contributed by atoms with Crippen molar-refractivity contribution in [3.63, 3.8) is 0 Å². The SMILES string of the molecule is CC(C)S(=O)(=O)N1CCC(Nc2ncc(C#N)c(NC3CCCC3)n2)CC1. The normalized spacial score (nSPS) is 19.9. The zero-order valence-electron chi connectivity index (χ0n) is 16.0. The predicted octanol–water partition coefficient (Wildman–Crippen LogP) is 2.32. The first-order chi connectivity index (χ1) is 12.9. The molecule has 8 nitrogen and oxygen atoms in total. The van der Waals surface area contributed by atoms with E-state index in [4.69, 9.17) is 0 Å². The third kappa shape index (κ3) is 4.68. The van der Waals surface area contributed by atoms with E-state index in [2.05, 4.69) is 26.7 Å². The van der Waals surface area contributed by atoms with Crippen molar-refractivity contribution < 1.29 is 8.42 Å². The summed E-state index contributed by atoms with van der Waals surface area (Å²) in [5.74, 6) is 1.07. The van der Waals surface area contributed by atoms with Crippen molar-refractivity contribution in [2.24, 2.45) is 0 Å². The number of nitrogens with zero attached hydrogens (tertiary/aromatic N) is 4. The van der Waals surface area contributed by atoms with Crippen LogP contribution in [0.15, 0.2) is 6.20 Å². The van der Waals surface area contributed by atoms with Crippen LogP contribution in [0.3, 0.4) is 0 Å². The number of rotatable bonds is 6. The molecule has 1 saturated carbocycles. The summed E-state index contributed by atoms with van der Waals surface area (Å²) in [5, 5.41) is 15.6. The molecule has 0 bridgehead atoms. The van der Waals surface area contributed by atoms with Crippen LogP contribution in [0.4, 0.5) is 11.8 Å². The zero-order valence-corrected chi connectivity index (χ0v) is 16.8. The molecule has 3 rings (SSSR count). The molecule has 1 aromatic heterocycles. The second-order valence-corrected chi connectivity index (χ2v) is 10.1. The molecule has 0 spiro atoms. The average Bonchev–Trinajstić information content (AvgIpc) is 3.15. The van der Waals surface area contributed by atoms with Crippen molar-refractivity contribution in [2.75, 3.05) is 23.7 Å². The van der Waals surface area contributed by atoms with Crippen LogP contribution < -0.4 is 10.6 Å². The molecule has 2 fully saturated rings. The highest BCUT2D eigenvalue weighted by Gasteiger charge is 2.30. The minimum atomic E-state index is -3.20. The van der Waals surface area contributed by atoms with Gasteiger partial charge in [-0.25, -0.2) is 17.7 Å². The first kappa shape index (κ1) is 19.8. The maximum Gasteiger partial charge on any atom is 0.224 e. The van der Waals surface area contributed by atoms with E-state index in [9.17, 15) is 13.7 Å². The number of nitriles is 1. The quantitative estimate of drug-likeness (QED) is 0.764. The van der Waals surface area contributed by atoms with Crippen LogP contribution in [0.25, 0.3) is 0 Å². The third-order valence-electron chi connectivity index (χ3n) is 5.35. The average molecular weight is 393 g/mol. The molecule has 2 aliphatic rings. The van der Waals surface area contributed by atoms with Gasteiger partial charge in [0.25, 0.3) is 0 Å². The van der Waals surface area contributed by atoms with Gasteiger partial charge in [0.15, 0.2) is 0 Å². The number of anilines is 2. The van der Waals surface area contributed by atoms with Gasteiger partial charge >= 0.3 is 0 Å². The van der Waals surface area contributed by atoms with Crippen molar-refractivity contribution >= 4 is 21.8 Å². The summed E-state index contributed by atoms with van der Waals surface area (Å²) in [5.41, 5.74) is 0.449. The second kappa shape index (κ2) is 8.40. The Kier molecular flexibility index (Phi) is 6.17. The molecule has 27 heavy (non-hydrogen) atoms. The van der Waals surface area contributed by atoms with E-state index in [-0.39, 0.29) is 6.04 Å². The fourth-order valence-corrected chi connectivity index (χ4v) is 4.96. The van der Waals surface area contributed by atoms with Gasteiger partial charge in [-0.2, -0.15) is 10.2 Å². The van der Waals surface area contributed by atoms with Gasteiger partial charge in [0.05, 0.1) is 11.4 Å². The van der Waals surface area contributed by atoms with E-state index in [0.717, 1.165) is 12.8 Å². The molecular weight excluding hydrogens is 364 g/mol. The molecule has 2 N–H and O–H groups in total. The van der Waals surface area contributed by atoms with Crippen molar-refractivity contribution in [2.45, 2.75) is 69.7 Å². The lowest BCUT2D eigenvalue weighted by atomic mass is 10.1. The van der Waals surface area contributed by atoms with Crippen LogP contribution in [0, 0.1) is 11.3 Å². The first-order valence-corrected chi connectivity index (χ1v) is 11.2. The van der Waals surface area contributed by atoms with Gasteiger partial charge in [-0.15, -0.1) is 0 Å². The lowest BCUT2D eigenvalue weighted by molar-refractivity contribution is 0.326. The molecule has 0 aromatic carbocycles. The van der Waals surface area contributed by atoms with E-state index >= 15 is 0 Å². The fraction of sp³-hybridized carbons (Fsp3) is 0.722. The number of hydrogen-bond donors (Lipinski definition) is 2. The van der Waals surface area contributed by atoms with Crippen molar-refractivity contribution in [3.05, 3.63) is 11.8 Å². The fourth-order valence-electron chi connectivity index (χ4n) is 3.64. The molecule has 2 heterocycles. The van der Waals surface area contributed by atoms with Crippen molar-refractivity contribution in [1.82, 2.24) is 14.3 Å². The van der Waals surface area contributed by atoms with E-state index < -0.39 is 15.3 Å². The molecular formula is C18H28N6O2S. The molecule has 1 saturated heterocycles. The number of nitrogens with one attached hydrogen (secondary N) is 2. The van der Waals surface area contributed by atoms with Crippen LogP contribution >= 0.6 is 0 Å². The molecule has 0 amide bonds. The van der Waals surface area contributed by atoms with E-state index in [0.29, 0.717) is 49.3 Å². The minimum absolute atomic E-state index is 0.121. The highest BCUT2D eigenvalue weighted by Crippen LogP contribution is 2.24. The van der Waals surface area contributed by atoms with Gasteiger partial charge in [0.2, 0.25) is 16.0 Å². The Morgan fingerprint density at radius 1 is 1.15 bits per heavy atom. The highest BCUT2D eigenvalue weighted by atomic mass is 32.2. The monoisotopic (exact) mass is 392 g/mol. The highest BCUT2D eigenvalue weighted by molar-refractivity contribution is 7.89. The Balaban J connectivity index is 1.62. The van der Waals surface area contributed by atoms with E-state index in [1.165, 1.54) is 12.8 Å². The Morgan fingerprint density at radius 3 is 2.37 bits per heavy atom. The number of aromatic nitrogens is 2. The minimum Gasteiger partial charge on any atom is -0.366 e. The number of hydrogen-bond acceptors (Lipinski definition) is 7. The molecule has 0 atom stereocenters. The third-order valence-corrected chi connectivity index (χ3v) is 7.62. The molecule has 1 aliphatic carbocycles. The van der Waals surface area contributed by atoms with Gasteiger partial charge in [-0.3, -0.25) is 0 Å². The molecule has 0 radical (unpaired) electrons. The molecule has 1 aromatic rings. The van der Waals surface area contributed by atoms with Crippen LogP contribution in [0.1, 0.15) is 57.9 Å². The maximum absolute atomic E-state index is 12.3. The maximum atomic E-state index is 12.3. The predicted molar refractivity (Wildman–Crippen MR) is 105 cm³/mol. The van der Waals surface area contributed by atoms with Crippen molar-refractivity contribution in [3.8, 4) is 6.07 Å². The van der Waals surface area contributed by atoms with Crippen molar-refractivity contribution in [1.29, 1.82) is 5.26 Å². The molecule has 1 aliphatic heterocycles. The summed E-state index contributed by atoms with van der Waals surface area (Å²) in [4.78, 5) is 8.77. The lowest BCUT2D eigenvalue weighted by Crippen LogP contribution is -2.45. The first-order valence-electron chi connectivity index (χ1n) is 9.69.